The van der Waals surface area contributed by atoms with Crippen LogP contribution < -0.4 is 0 Å². The molecule has 1 aromatic rings. The Morgan fingerprint density at radius 2 is 2.05 bits per heavy atom. The molecule has 1 N–H and O–H groups in total. The zero-order chi connectivity index (χ0) is 14.6. The number of nitrogens with zero attached hydrogens (tertiary/aromatic N) is 1. The molecule has 0 aliphatic carbocycles. The molecule has 5 nitrogen and oxygen atoms in total. The zero-order valence-corrected chi connectivity index (χ0v) is 13.2. The maximum absolute atomic E-state index is 12.5. The minimum atomic E-state index is -3.81. The number of halogens is 1. The zero-order valence-electron chi connectivity index (χ0n) is 10.8. The number of carboxylic acids is 1. The van der Waals surface area contributed by atoms with Gasteiger partial charge in [0.15, 0.2) is 0 Å². The summed E-state index contributed by atoms with van der Waals surface area (Å²) < 4.78 is 26.3. The molecule has 1 aromatic carbocycles. The molecule has 0 amide bonds. The molecule has 0 unspecified atom stereocenters. The Bertz CT molecular complexity index is 571. The number of sulfonamides is 1. The van der Waals surface area contributed by atoms with Crippen LogP contribution in [-0.4, -0.2) is 36.9 Å². The van der Waals surface area contributed by atoms with Crippen LogP contribution in [-0.2, 0) is 14.8 Å². The SMILES string of the molecule is CCCN(CC(=O)O)S(=O)(=O)c1cc(C)ccc1Br. The van der Waals surface area contributed by atoms with Crippen molar-refractivity contribution in [2.75, 3.05) is 13.1 Å². The molecular formula is C12H16BrNO4S. The van der Waals surface area contributed by atoms with Gasteiger partial charge in [-0.2, -0.15) is 4.31 Å². The van der Waals surface area contributed by atoms with Crippen molar-refractivity contribution >= 4 is 31.9 Å². The van der Waals surface area contributed by atoms with E-state index in [0.717, 1.165) is 9.87 Å². The van der Waals surface area contributed by atoms with E-state index >= 15 is 0 Å². The molecule has 0 heterocycles. The van der Waals surface area contributed by atoms with Gasteiger partial charge in [-0.15, -0.1) is 0 Å². The van der Waals surface area contributed by atoms with Crippen molar-refractivity contribution in [2.24, 2.45) is 0 Å². The molecule has 0 aliphatic heterocycles. The van der Waals surface area contributed by atoms with Crippen molar-refractivity contribution in [3.8, 4) is 0 Å². The fourth-order valence-electron chi connectivity index (χ4n) is 1.63. The summed E-state index contributed by atoms with van der Waals surface area (Å²) in [6, 6.07) is 4.96. The van der Waals surface area contributed by atoms with E-state index in [4.69, 9.17) is 5.11 Å². The number of carbonyl (C=O) groups is 1. The highest BCUT2D eigenvalue weighted by Crippen LogP contribution is 2.26. The fourth-order valence-corrected chi connectivity index (χ4v) is 4.12. The number of benzene rings is 1. The molecule has 7 heteroatoms. The molecule has 0 spiro atoms. The number of rotatable bonds is 6. The van der Waals surface area contributed by atoms with Crippen LogP contribution in [0.2, 0.25) is 0 Å². The maximum atomic E-state index is 12.5. The van der Waals surface area contributed by atoms with E-state index in [1.54, 1.807) is 26.0 Å². The van der Waals surface area contributed by atoms with Gasteiger partial charge >= 0.3 is 5.97 Å². The highest BCUT2D eigenvalue weighted by molar-refractivity contribution is 9.10. The van der Waals surface area contributed by atoms with Gasteiger partial charge in [0.1, 0.15) is 6.54 Å². The third kappa shape index (κ3) is 4.02. The van der Waals surface area contributed by atoms with Crippen LogP contribution >= 0.6 is 15.9 Å². The van der Waals surface area contributed by atoms with Crippen LogP contribution in [0.3, 0.4) is 0 Å². The Hall–Kier alpha value is -0.920. The molecule has 0 fully saturated rings. The Labute approximate surface area is 121 Å². The summed E-state index contributed by atoms with van der Waals surface area (Å²) in [5, 5.41) is 8.83. The number of hydrogen-bond acceptors (Lipinski definition) is 3. The van der Waals surface area contributed by atoms with Gasteiger partial charge in [-0.1, -0.05) is 13.0 Å². The summed E-state index contributed by atoms with van der Waals surface area (Å²) in [6.45, 7) is 3.23. The van der Waals surface area contributed by atoms with Crippen LogP contribution in [0.4, 0.5) is 0 Å². The van der Waals surface area contributed by atoms with Gasteiger partial charge in [0.2, 0.25) is 10.0 Å². The lowest BCUT2D eigenvalue weighted by atomic mass is 10.2. The van der Waals surface area contributed by atoms with E-state index in [1.165, 1.54) is 6.07 Å². The number of carboxylic acid groups (broad SMARTS) is 1. The van der Waals surface area contributed by atoms with Crippen LogP contribution in [0.15, 0.2) is 27.6 Å². The van der Waals surface area contributed by atoms with Crippen LogP contribution in [0.1, 0.15) is 18.9 Å². The molecule has 19 heavy (non-hydrogen) atoms. The predicted octanol–water partition coefficient (Wildman–Crippen LogP) is 2.24. The van der Waals surface area contributed by atoms with E-state index in [9.17, 15) is 13.2 Å². The first kappa shape index (κ1) is 16.1. The van der Waals surface area contributed by atoms with E-state index in [1.807, 2.05) is 0 Å². The van der Waals surface area contributed by atoms with E-state index in [-0.39, 0.29) is 11.4 Å². The molecule has 0 radical (unpaired) electrons. The molecule has 106 valence electrons. The van der Waals surface area contributed by atoms with Crippen molar-refractivity contribution < 1.29 is 18.3 Å². The summed E-state index contributed by atoms with van der Waals surface area (Å²) >= 11 is 3.20. The average Bonchev–Trinajstić information content (AvgIpc) is 2.31. The second kappa shape index (κ2) is 6.49. The minimum absolute atomic E-state index is 0.0993. The predicted molar refractivity (Wildman–Crippen MR) is 75.6 cm³/mol. The maximum Gasteiger partial charge on any atom is 0.318 e. The van der Waals surface area contributed by atoms with Crippen molar-refractivity contribution in [3.05, 3.63) is 28.2 Å². The van der Waals surface area contributed by atoms with Crippen molar-refractivity contribution in [1.29, 1.82) is 0 Å². The third-order valence-corrected chi connectivity index (χ3v) is 5.33. The van der Waals surface area contributed by atoms with Gasteiger partial charge in [-0.05, 0) is 47.0 Å². The summed E-state index contributed by atoms with van der Waals surface area (Å²) in [6.07, 6.45) is 0.552. The smallest absolute Gasteiger partial charge is 0.318 e. The normalized spacial score (nSPS) is 11.8. The highest BCUT2D eigenvalue weighted by atomic mass is 79.9. The summed E-state index contributed by atoms with van der Waals surface area (Å²) in [4.78, 5) is 10.9. The molecule has 0 atom stereocenters. The number of aliphatic carboxylic acids is 1. The molecular weight excluding hydrogens is 334 g/mol. The van der Waals surface area contributed by atoms with E-state index < -0.39 is 22.5 Å². The molecule has 0 bridgehead atoms. The van der Waals surface area contributed by atoms with Gasteiger partial charge in [-0.3, -0.25) is 4.79 Å². The van der Waals surface area contributed by atoms with Gasteiger partial charge < -0.3 is 5.11 Å². The first-order chi connectivity index (χ1) is 8.78. The number of hydrogen-bond donors (Lipinski definition) is 1. The van der Waals surface area contributed by atoms with Crippen LogP contribution in [0.5, 0.6) is 0 Å². The second-order valence-corrected chi connectivity index (χ2v) is 6.93. The third-order valence-electron chi connectivity index (χ3n) is 2.49. The van der Waals surface area contributed by atoms with E-state index in [0.29, 0.717) is 10.9 Å². The van der Waals surface area contributed by atoms with Crippen LogP contribution in [0, 0.1) is 6.92 Å². The Morgan fingerprint density at radius 1 is 1.42 bits per heavy atom. The van der Waals surface area contributed by atoms with Crippen molar-refractivity contribution in [2.45, 2.75) is 25.2 Å². The van der Waals surface area contributed by atoms with Gasteiger partial charge in [-0.25, -0.2) is 8.42 Å². The lowest BCUT2D eigenvalue weighted by Crippen LogP contribution is -2.36. The summed E-state index contributed by atoms with van der Waals surface area (Å²) in [5.41, 5.74) is 0.800. The first-order valence-corrected chi connectivity index (χ1v) is 8.00. The molecule has 0 saturated heterocycles. The average molecular weight is 350 g/mol. The molecule has 0 aromatic heterocycles. The standard InChI is InChI=1S/C12H16BrNO4S/c1-3-6-14(8-12(15)16)19(17,18)11-7-9(2)4-5-10(11)13/h4-5,7H,3,6,8H2,1-2H3,(H,15,16). The number of aryl methyl sites for hydroxylation is 1. The molecule has 1 rings (SSSR count). The Balaban J connectivity index is 3.25. The monoisotopic (exact) mass is 349 g/mol. The van der Waals surface area contributed by atoms with Gasteiger partial charge in [0.05, 0.1) is 4.90 Å². The fraction of sp³-hybridized carbons (Fsp3) is 0.417. The topological polar surface area (TPSA) is 74.7 Å². The van der Waals surface area contributed by atoms with Crippen LogP contribution in [0.25, 0.3) is 0 Å². The minimum Gasteiger partial charge on any atom is -0.480 e. The quantitative estimate of drug-likeness (QED) is 0.854. The second-order valence-electron chi connectivity index (χ2n) is 4.17. The molecule has 0 saturated carbocycles. The van der Waals surface area contributed by atoms with E-state index in [2.05, 4.69) is 15.9 Å². The van der Waals surface area contributed by atoms with Gasteiger partial charge in [0, 0.05) is 11.0 Å². The Morgan fingerprint density at radius 3 is 2.58 bits per heavy atom. The first-order valence-electron chi connectivity index (χ1n) is 5.77. The van der Waals surface area contributed by atoms with Crippen molar-refractivity contribution in [3.63, 3.8) is 0 Å². The summed E-state index contributed by atoms with van der Waals surface area (Å²) in [7, 11) is -3.81. The highest BCUT2D eigenvalue weighted by Gasteiger charge is 2.27. The lowest BCUT2D eigenvalue weighted by Gasteiger charge is -2.20. The largest absolute Gasteiger partial charge is 0.480 e. The van der Waals surface area contributed by atoms with Gasteiger partial charge in [0.25, 0.3) is 0 Å². The lowest BCUT2D eigenvalue weighted by molar-refractivity contribution is -0.137. The Kier molecular flexibility index (Phi) is 5.51. The summed E-state index contributed by atoms with van der Waals surface area (Å²) in [5.74, 6) is -1.17. The molecule has 0 aliphatic rings. The van der Waals surface area contributed by atoms with Crippen molar-refractivity contribution in [1.82, 2.24) is 4.31 Å².